The van der Waals surface area contributed by atoms with E-state index in [1.54, 1.807) is 10.5 Å². The summed E-state index contributed by atoms with van der Waals surface area (Å²) < 4.78 is 28.3. The molecule has 112 valence electrons. The zero-order valence-corrected chi connectivity index (χ0v) is 12.5. The predicted molar refractivity (Wildman–Crippen MR) is 78.9 cm³/mol. The highest BCUT2D eigenvalue weighted by Crippen LogP contribution is 2.24. The van der Waals surface area contributed by atoms with Crippen LogP contribution in [0, 0.1) is 0 Å². The van der Waals surface area contributed by atoms with Crippen LogP contribution in [0.4, 0.5) is 0 Å². The maximum absolute atomic E-state index is 12.4. The van der Waals surface area contributed by atoms with Gasteiger partial charge >= 0.3 is 0 Å². The Morgan fingerprint density at radius 3 is 2.48 bits per heavy atom. The van der Waals surface area contributed by atoms with Crippen molar-refractivity contribution in [2.75, 3.05) is 13.1 Å². The molecular formula is C14H18N4O2S. The lowest BCUT2D eigenvalue weighted by Crippen LogP contribution is -2.39. The van der Waals surface area contributed by atoms with Gasteiger partial charge in [0, 0.05) is 19.3 Å². The van der Waals surface area contributed by atoms with Crippen molar-refractivity contribution in [1.29, 1.82) is 0 Å². The highest BCUT2D eigenvalue weighted by Gasteiger charge is 2.28. The van der Waals surface area contributed by atoms with Gasteiger partial charge in [0.2, 0.25) is 10.0 Å². The second-order valence-corrected chi connectivity index (χ2v) is 7.22. The largest absolute Gasteiger partial charge is 0.249 e. The normalized spacial score (nSPS) is 17.9. The van der Waals surface area contributed by atoms with Gasteiger partial charge in [-0.25, -0.2) is 17.4 Å². The minimum Gasteiger partial charge on any atom is -0.249 e. The average Bonchev–Trinajstić information content (AvgIpc) is 3.02. The number of piperidine rings is 1. The van der Waals surface area contributed by atoms with E-state index >= 15 is 0 Å². The Labute approximate surface area is 124 Å². The lowest BCUT2D eigenvalue weighted by molar-refractivity contribution is 0.258. The first-order valence-electron chi connectivity index (χ1n) is 7.03. The number of rotatable bonds is 4. The molecule has 0 spiro atoms. The fourth-order valence-corrected chi connectivity index (χ4v) is 4.24. The maximum atomic E-state index is 12.4. The van der Waals surface area contributed by atoms with E-state index in [4.69, 9.17) is 0 Å². The van der Waals surface area contributed by atoms with Crippen LogP contribution in [0.5, 0.6) is 0 Å². The Morgan fingerprint density at radius 1 is 1.14 bits per heavy atom. The van der Waals surface area contributed by atoms with Crippen molar-refractivity contribution in [3.8, 4) is 0 Å². The summed E-state index contributed by atoms with van der Waals surface area (Å²) in [5.41, 5.74) is 0.830. The summed E-state index contributed by atoms with van der Waals surface area (Å²) in [6.45, 7) is 1.08. The number of aromatic nitrogens is 3. The van der Waals surface area contributed by atoms with Gasteiger partial charge < -0.3 is 0 Å². The van der Waals surface area contributed by atoms with Crippen molar-refractivity contribution in [3.05, 3.63) is 48.3 Å². The zero-order chi connectivity index (χ0) is 14.7. The summed E-state index contributed by atoms with van der Waals surface area (Å²) in [5.74, 6) is 0.0713. The molecule has 0 bridgehead atoms. The third-order valence-corrected chi connectivity index (χ3v) is 5.67. The topological polar surface area (TPSA) is 68.1 Å². The van der Waals surface area contributed by atoms with Gasteiger partial charge in [-0.15, -0.1) is 5.10 Å². The van der Waals surface area contributed by atoms with Gasteiger partial charge in [0.15, 0.2) is 0 Å². The van der Waals surface area contributed by atoms with Crippen LogP contribution in [-0.4, -0.2) is 40.8 Å². The highest BCUT2D eigenvalue weighted by atomic mass is 32.2. The number of hydrogen-bond acceptors (Lipinski definition) is 4. The van der Waals surface area contributed by atoms with Crippen molar-refractivity contribution in [1.82, 2.24) is 19.3 Å². The molecule has 0 amide bonds. The molecule has 1 saturated heterocycles. The van der Waals surface area contributed by atoms with E-state index < -0.39 is 10.0 Å². The van der Waals surface area contributed by atoms with Gasteiger partial charge in [-0.1, -0.05) is 35.5 Å². The quantitative estimate of drug-likeness (QED) is 0.857. The molecule has 0 atom stereocenters. The first-order chi connectivity index (χ1) is 10.1. The van der Waals surface area contributed by atoms with Gasteiger partial charge in [-0.3, -0.25) is 0 Å². The van der Waals surface area contributed by atoms with E-state index in [0.717, 1.165) is 18.4 Å². The van der Waals surface area contributed by atoms with Crippen LogP contribution in [-0.2, 0) is 15.8 Å². The molecule has 1 fully saturated rings. The Balaban J connectivity index is 1.63. The Kier molecular flexibility index (Phi) is 4.03. The van der Waals surface area contributed by atoms with E-state index in [1.165, 1.54) is 0 Å². The number of sulfonamides is 1. The molecule has 0 saturated carbocycles. The van der Waals surface area contributed by atoms with Crippen molar-refractivity contribution < 1.29 is 8.42 Å². The van der Waals surface area contributed by atoms with E-state index in [1.807, 2.05) is 41.2 Å². The third-order valence-electron chi connectivity index (χ3n) is 3.82. The van der Waals surface area contributed by atoms with Crippen LogP contribution >= 0.6 is 0 Å². The summed E-state index contributed by atoms with van der Waals surface area (Å²) in [5, 5.41) is 7.80. The van der Waals surface area contributed by atoms with E-state index in [-0.39, 0.29) is 11.8 Å². The Morgan fingerprint density at radius 2 is 1.86 bits per heavy atom. The summed E-state index contributed by atoms with van der Waals surface area (Å²) in [6, 6.07) is 9.55. The smallest absolute Gasteiger partial charge is 0.218 e. The summed E-state index contributed by atoms with van der Waals surface area (Å²) in [6.07, 6.45) is 5.03. The molecule has 0 N–H and O–H groups in total. The monoisotopic (exact) mass is 306 g/mol. The van der Waals surface area contributed by atoms with Gasteiger partial charge in [0.05, 0.1) is 18.0 Å². The van der Waals surface area contributed by atoms with Crippen molar-refractivity contribution in [2.45, 2.75) is 24.6 Å². The second-order valence-electron chi connectivity index (χ2n) is 5.26. The minimum absolute atomic E-state index is 0.0713. The first-order valence-corrected chi connectivity index (χ1v) is 8.63. The standard InChI is InChI=1S/C14H18N4O2S/c19-21(20,12-13-4-2-1-3-5-13)17-9-6-14(7-10-17)18-11-8-15-16-18/h1-5,8,11,14H,6-7,9-10,12H2. The molecule has 1 aromatic carbocycles. The fraction of sp³-hybridized carbons (Fsp3) is 0.429. The van der Waals surface area contributed by atoms with Gasteiger partial charge in [0.25, 0.3) is 0 Å². The van der Waals surface area contributed by atoms with E-state index in [9.17, 15) is 8.42 Å². The second kappa shape index (κ2) is 5.95. The molecular weight excluding hydrogens is 288 g/mol. The van der Waals surface area contributed by atoms with Crippen LogP contribution in [0.3, 0.4) is 0 Å². The minimum atomic E-state index is -3.24. The lowest BCUT2D eigenvalue weighted by Gasteiger charge is -2.31. The van der Waals surface area contributed by atoms with Gasteiger partial charge in [-0.05, 0) is 18.4 Å². The molecule has 0 unspecified atom stereocenters. The maximum Gasteiger partial charge on any atom is 0.218 e. The van der Waals surface area contributed by atoms with E-state index in [2.05, 4.69) is 10.3 Å². The van der Waals surface area contributed by atoms with Crippen LogP contribution in [0.15, 0.2) is 42.7 Å². The van der Waals surface area contributed by atoms with E-state index in [0.29, 0.717) is 13.1 Å². The molecule has 7 heteroatoms. The first kappa shape index (κ1) is 14.2. The molecule has 3 rings (SSSR count). The Bertz CT molecular complexity index is 662. The van der Waals surface area contributed by atoms with Crippen LogP contribution in [0.1, 0.15) is 24.4 Å². The molecule has 1 aliphatic rings. The average molecular weight is 306 g/mol. The Hall–Kier alpha value is -1.73. The molecule has 1 aromatic heterocycles. The SMILES string of the molecule is O=S(=O)(Cc1ccccc1)N1CCC(n2ccnn2)CC1. The molecule has 2 aromatic rings. The number of benzene rings is 1. The molecule has 2 heterocycles. The molecule has 1 aliphatic heterocycles. The predicted octanol–water partition coefficient (Wildman–Crippen LogP) is 1.45. The molecule has 6 nitrogen and oxygen atoms in total. The molecule has 0 aliphatic carbocycles. The number of hydrogen-bond donors (Lipinski definition) is 0. The fourth-order valence-electron chi connectivity index (χ4n) is 2.67. The number of nitrogens with zero attached hydrogens (tertiary/aromatic N) is 4. The molecule has 0 radical (unpaired) electrons. The summed E-state index contributed by atoms with van der Waals surface area (Å²) in [7, 11) is -3.24. The van der Waals surface area contributed by atoms with Crippen LogP contribution < -0.4 is 0 Å². The summed E-state index contributed by atoms with van der Waals surface area (Å²) in [4.78, 5) is 0. The van der Waals surface area contributed by atoms with Crippen LogP contribution in [0.2, 0.25) is 0 Å². The van der Waals surface area contributed by atoms with Crippen molar-refractivity contribution in [3.63, 3.8) is 0 Å². The summed E-state index contributed by atoms with van der Waals surface area (Å²) >= 11 is 0. The third kappa shape index (κ3) is 3.30. The van der Waals surface area contributed by atoms with Crippen LogP contribution in [0.25, 0.3) is 0 Å². The highest BCUT2D eigenvalue weighted by molar-refractivity contribution is 7.88. The molecule has 21 heavy (non-hydrogen) atoms. The lowest BCUT2D eigenvalue weighted by atomic mass is 10.1. The van der Waals surface area contributed by atoms with Gasteiger partial charge in [0.1, 0.15) is 0 Å². The zero-order valence-electron chi connectivity index (χ0n) is 11.7. The van der Waals surface area contributed by atoms with Gasteiger partial charge in [-0.2, -0.15) is 0 Å². The van der Waals surface area contributed by atoms with Crippen molar-refractivity contribution in [2.24, 2.45) is 0 Å². The van der Waals surface area contributed by atoms with Crippen molar-refractivity contribution >= 4 is 10.0 Å².